The molecule has 0 saturated heterocycles. The van der Waals surface area contributed by atoms with Crippen LogP contribution in [0, 0.1) is 12.7 Å². The quantitative estimate of drug-likeness (QED) is 0.714. The van der Waals surface area contributed by atoms with E-state index in [0.29, 0.717) is 19.0 Å². The second-order valence-electron chi connectivity index (χ2n) is 5.92. The average Bonchev–Trinajstić information content (AvgIpc) is 2.66. The maximum absolute atomic E-state index is 12.9. The highest BCUT2D eigenvalue weighted by molar-refractivity contribution is 5.92. The van der Waals surface area contributed by atoms with Crippen molar-refractivity contribution in [2.75, 3.05) is 5.32 Å². The fourth-order valence-electron chi connectivity index (χ4n) is 2.45. The molecule has 0 atom stereocenters. The Balaban J connectivity index is 1.59. The SMILES string of the molecule is Cc1cccc(CNc2nccc(C(=O)NCc3ccc(F)cc3)n2)c1. The fourth-order valence-corrected chi connectivity index (χ4v) is 2.45. The molecule has 132 valence electrons. The standard InChI is InChI=1S/C20H19FN4O/c1-14-3-2-4-16(11-14)13-24-20-22-10-9-18(25-20)19(26)23-12-15-5-7-17(21)8-6-15/h2-11H,12-13H2,1H3,(H,23,26)(H,22,24,25). The number of anilines is 1. The average molecular weight is 350 g/mol. The van der Waals surface area contributed by atoms with Crippen LogP contribution < -0.4 is 10.6 Å². The first-order valence-electron chi connectivity index (χ1n) is 8.25. The molecule has 0 aliphatic heterocycles. The Hall–Kier alpha value is -3.28. The minimum absolute atomic E-state index is 0.272. The van der Waals surface area contributed by atoms with Crippen molar-refractivity contribution in [3.63, 3.8) is 0 Å². The van der Waals surface area contributed by atoms with Crippen molar-refractivity contribution in [1.82, 2.24) is 15.3 Å². The highest BCUT2D eigenvalue weighted by Crippen LogP contribution is 2.08. The van der Waals surface area contributed by atoms with E-state index >= 15 is 0 Å². The van der Waals surface area contributed by atoms with Gasteiger partial charge >= 0.3 is 0 Å². The number of carbonyl (C=O) groups excluding carboxylic acids is 1. The van der Waals surface area contributed by atoms with Crippen LogP contribution in [0.15, 0.2) is 60.8 Å². The molecule has 0 aliphatic carbocycles. The number of aryl methyl sites for hydroxylation is 1. The van der Waals surface area contributed by atoms with E-state index in [2.05, 4.69) is 26.7 Å². The maximum atomic E-state index is 12.9. The van der Waals surface area contributed by atoms with Crippen molar-refractivity contribution in [2.24, 2.45) is 0 Å². The molecule has 26 heavy (non-hydrogen) atoms. The zero-order chi connectivity index (χ0) is 18.4. The van der Waals surface area contributed by atoms with Crippen molar-refractivity contribution in [2.45, 2.75) is 20.0 Å². The largest absolute Gasteiger partial charge is 0.350 e. The Morgan fingerprint density at radius 1 is 1.04 bits per heavy atom. The number of halogens is 1. The maximum Gasteiger partial charge on any atom is 0.270 e. The third kappa shape index (κ3) is 4.86. The second-order valence-corrected chi connectivity index (χ2v) is 5.92. The highest BCUT2D eigenvalue weighted by Gasteiger charge is 2.08. The molecule has 1 heterocycles. The van der Waals surface area contributed by atoms with Gasteiger partial charge in [-0.25, -0.2) is 14.4 Å². The molecule has 1 aromatic heterocycles. The van der Waals surface area contributed by atoms with Gasteiger partial charge in [0.15, 0.2) is 0 Å². The molecule has 0 saturated carbocycles. The van der Waals surface area contributed by atoms with Gasteiger partial charge in [-0.15, -0.1) is 0 Å². The van der Waals surface area contributed by atoms with Crippen molar-refractivity contribution in [3.8, 4) is 0 Å². The highest BCUT2D eigenvalue weighted by atomic mass is 19.1. The smallest absolute Gasteiger partial charge is 0.270 e. The van der Waals surface area contributed by atoms with Crippen LogP contribution in [0.1, 0.15) is 27.2 Å². The van der Waals surface area contributed by atoms with Crippen molar-refractivity contribution in [1.29, 1.82) is 0 Å². The van der Waals surface area contributed by atoms with Gasteiger partial charge in [-0.3, -0.25) is 4.79 Å². The van der Waals surface area contributed by atoms with Gasteiger partial charge in [0.2, 0.25) is 5.95 Å². The van der Waals surface area contributed by atoms with Crippen molar-refractivity contribution < 1.29 is 9.18 Å². The van der Waals surface area contributed by atoms with Gasteiger partial charge in [0.25, 0.3) is 5.91 Å². The zero-order valence-corrected chi connectivity index (χ0v) is 14.4. The van der Waals surface area contributed by atoms with Gasteiger partial charge in [0, 0.05) is 19.3 Å². The van der Waals surface area contributed by atoms with Gasteiger partial charge in [-0.1, -0.05) is 42.0 Å². The molecule has 5 nitrogen and oxygen atoms in total. The van der Waals surface area contributed by atoms with E-state index in [1.54, 1.807) is 24.4 Å². The number of hydrogen-bond acceptors (Lipinski definition) is 4. The number of hydrogen-bond donors (Lipinski definition) is 2. The van der Waals surface area contributed by atoms with E-state index in [1.165, 1.54) is 17.7 Å². The minimum Gasteiger partial charge on any atom is -0.350 e. The number of nitrogens with zero attached hydrogens (tertiary/aromatic N) is 2. The summed E-state index contributed by atoms with van der Waals surface area (Å²) in [5, 5.41) is 5.88. The number of benzene rings is 2. The van der Waals surface area contributed by atoms with E-state index in [-0.39, 0.29) is 17.4 Å². The molecular formula is C20H19FN4O. The summed E-state index contributed by atoms with van der Waals surface area (Å²) in [6.45, 7) is 2.91. The van der Waals surface area contributed by atoms with Crippen LogP contribution in [-0.4, -0.2) is 15.9 Å². The summed E-state index contributed by atoms with van der Waals surface area (Å²) < 4.78 is 12.9. The summed E-state index contributed by atoms with van der Waals surface area (Å²) in [5.74, 6) is -0.225. The second kappa shape index (κ2) is 8.20. The molecule has 0 bridgehead atoms. The first-order chi connectivity index (χ1) is 12.6. The number of nitrogens with one attached hydrogen (secondary N) is 2. The molecule has 6 heteroatoms. The van der Waals surface area contributed by atoms with Crippen molar-refractivity contribution in [3.05, 3.63) is 89.0 Å². The topological polar surface area (TPSA) is 66.9 Å². The molecule has 0 unspecified atom stereocenters. The summed E-state index contributed by atoms with van der Waals surface area (Å²) in [6, 6.07) is 15.6. The molecule has 3 aromatic rings. The Kier molecular flexibility index (Phi) is 5.53. The molecule has 0 fully saturated rings. The van der Waals surface area contributed by atoms with E-state index in [9.17, 15) is 9.18 Å². The molecule has 1 amide bonds. The van der Waals surface area contributed by atoms with Gasteiger partial charge in [-0.2, -0.15) is 0 Å². The van der Waals surface area contributed by atoms with E-state index in [0.717, 1.165) is 11.1 Å². The first-order valence-corrected chi connectivity index (χ1v) is 8.25. The Morgan fingerprint density at radius 3 is 2.62 bits per heavy atom. The molecule has 0 aliphatic rings. The Labute approximate surface area is 151 Å². The van der Waals surface area contributed by atoms with E-state index < -0.39 is 0 Å². The lowest BCUT2D eigenvalue weighted by molar-refractivity contribution is 0.0946. The molecule has 0 spiro atoms. The van der Waals surface area contributed by atoms with Gasteiger partial charge in [0.05, 0.1) is 0 Å². The van der Waals surface area contributed by atoms with Crippen LogP contribution in [0.4, 0.5) is 10.3 Å². The summed E-state index contributed by atoms with van der Waals surface area (Å²) in [4.78, 5) is 20.6. The predicted molar refractivity (Wildman–Crippen MR) is 98.1 cm³/mol. The lowest BCUT2D eigenvalue weighted by atomic mass is 10.1. The number of aromatic nitrogens is 2. The molecule has 3 rings (SSSR count). The predicted octanol–water partition coefficient (Wildman–Crippen LogP) is 3.47. The van der Waals surface area contributed by atoms with Gasteiger partial charge in [-0.05, 0) is 36.2 Å². The zero-order valence-electron chi connectivity index (χ0n) is 14.4. The fraction of sp³-hybridized carbons (Fsp3) is 0.150. The Morgan fingerprint density at radius 2 is 1.85 bits per heavy atom. The normalized spacial score (nSPS) is 10.4. The third-order valence-electron chi connectivity index (χ3n) is 3.79. The van der Waals surface area contributed by atoms with Crippen LogP contribution in [0.3, 0.4) is 0 Å². The van der Waals surface area contributed by atoms with Crippen LogP contribution in [0.5, 0.6) is 0 Å². The van der Waals surface area contributed by atoms with Crippen molar-refractivity contribution >= 4 is 11.9 Å². The molecular weight excluding hydrogens is 331 g/mol. The van der Waals surface area contributed by atoms with Crippen LogP contribution in [0.2, 0.25) is 0 Å². The molecule has 2 aromatic carbocycles. The summed E-state index contributed by atoms with van der Waals surface area (Å²) in [5.41, 5.74) is 3.37. The van der Waals surface area contributed by atoms with E-state index in [4.69, 9.17) is 0 Å². The minimum atomic E-state index is -0.310. The number of rotatable bonds is 6. The van der Waals surface area contributed by atoms with Crippen LogP contribution in [0.25, 0.3) is 0 Å². The lowest BCUT2D eigenvalue weighted by Gasteiger charge is -2.08. The number of carbonyl (C=O) groups is 1. The summed E-state index contributed by atoms with van der Waals surface area (Å²) >= 11 is 0. The van der Waals surface area contributed by atoms with Gasteiger partial charge in [0.1, 0.15) is 11.5 Å². The number of amides is 1. The lowest BCUT2D eigenvalue weighted by Crippen LogP contribution is -2.24. The third-order valence-corrected chi connectivity index (χ3v) is 3.79. The monoisotopic (exact) mass is 350 g/mol. The molecule has 0 radical (unpaired) electrons. The summed E-state index contributed by atoms with van der Waals surface area (Å²) in [6.07, 6.45) is 1.54. The van der Waals surface area contributed by atoms with Crippen LogP contribution in [-0.2, 0) is 13.1 Å². The van der Waals surface area contributed by atoms with Crippen LogP contribution >= 0.6 is 0 Å². The van der Waals surface area contributed by atoms with Gasteiger partial charge < -0.3 is 10.6 Å². The summed E-state index contributed by atoms with van der Waals surface area (Å²) in [7, 11) is 0. The molecule has 2 N–H and O–H groups in total. The Bertz CT molecular complexity index is 896. The van der Waals surface area contributed by atoms with E-state index in [1.807, 2.05) is 25.1 Å². The first kappa shape index (κ1) is 17.5.